The molecule has 0 N–H and O–H groups in total. The fraction of sp³-hybridized carbons (Fsp3) is 0.125. The van der Waals surface area contributed by atoms with E-state index in [-0.39, 0.29) is 17.9 Å². The summed E-state index contributed by atoms with van der Waals surface area (Å²) >= 11 is 0. The van der Waals surface area contributed by atoms with Crippen LogP contribution in [0, 0.1) is 21.4 Å². The molecular formula is C16H12N2O4. The molecule has 0 aromatic heterocycles. The van der Waals surface area contributed by atoms with E-state index >= 15 is 0 Å². The first-order valence-corrected chi connectivity index (χ1v) is 6.53. The van der Waals surface area contributed by atoms with Crippen LogP contribution in [0.25, 0.3) is 11.1 Å². The highest BCUT2D eigenvalue weighted by molar-refractivity contribution is 5.98. The summed E-state index contributed by atoms with van der Waals surface area (Å²) in [6.07, 6.45) is 0. The minimum absolute atomic E-state index is 0.126. The lowest BCUT2D eigenvalue weighted by Gasteiger charge is -2.09. The molecule has 0 aliphatic heterocycles. The lowest BCUT2D eigenvalue weighted by Crippen LogP contribution is -2.07. The number of carbonyl (C=O) groups is 1. The molecule has 0 saturated heterocycles. The van der Waals surface area contributed by atoms with Crippen molar-refractivity contribution in [2.45, 2.75) is 6.92 Å². The second-order valence-electron chi connectivity index (χ2n) is 4.40. The van der Waals surface area contributed by atoms with Gasteiger partial charge in [0.05, 0.1) is 28.7 Å². The number of nitro groups is 1. The van der Waals surface area contributed by atoms with E-state index < -0.39 is 10.9 Å². The molecule has 0 heterocycles. The molecule has 0 unspecified atom stereocenters. The van der Waals surface area contributed by atoms with Gasteiger partial charge in [0.1, 0.15) is 0 Å². The number of ether oxygens (including phenoxy) is 1. The van der Waals surface area contributed by atoms with Gasteiger partial charge in [-0.15, -0.1) is 0 Å². The number of hydrogen-bond donors (Lipinski definition) is 0. The largest absolute Gasteiger partial charge is 0.462 e. The van der Waals surface area contributed by atoms with Gasteiger partial charge in [0.15, 0.2) is 0 Å². The van der Waals surface area contributed by atoms with E-state index in [1.165, 1.54) is 18.2 Å². The average molecular weight is 296 g/mol. The van der Waals surface area contributed by atoms with Crippen molar-refractivity contribution in [3.05, 3.63) is 63.7 Å². The highest BCUT2D eigenvalue weighted by Gasteiger charge is 2.18. The zero-order valence-corrected chi connectivity index (χ0v) is 11.8. The molecule has 2 aromatic rings. The van der Waals surface area contributed by atoms with Crippen molar-refractivity contribution in [3.8, 4) is 17.2 Å². The number of nitriles is 1. The maximum absolute atomic E-state index is 12.0. The van der Waals surface area contributed by atoms with Crippen molar-refractivity contribution in [3.63, 3.8) is 0 Å². The number of rotatable bonds is 4. The van der Waals surface area contributed by atoms with Crippen molar-refractivity contribution < 1.29 is 14.5 Å². The Balaban J connectivity index is 2.55. The third-order valence-corrected chi connectivity index (χ3v) is 3.03. The Bertz CT molecular complexity index is 761. The highest BCUT2D eigenvalue weighted by Crippen LogP contribution is 2.28. The van der Waals surface area contributed by atoms with E-state index in [1.807, 2.05) is 6.07 Å². The molecule has 0 amide bonds. The van der Waals surface area contributed by atoms with Crippen LogP contribution in [0.5, 0.6) is 0 Å². The Labute approximate surface area is 126 Å². The molecule has 0 atom stereocenters. The number of esters is 1. The van der Waals surface area contributed by atoms with Gasteiger partial charge in [-0.2, -0.15) is 5.26 Å². The summed E-state index contributed by atoms with van der Waals surface area (Å²) in [6, 6.07) is 12.6. The van der Waals surface area contributed by atoms with E-state index in [9.17, 15) is 14.9 Å². The second kappa shape index (κ2) is 6.50. The molecule has 0 spiro atoms. The van der Waals surface area contributed by atoms with Gasteiger partial charge in [-0.1, -0.05) is 12.1 Å². The predicted molar refractivity (Wildman–Crippen MR) is 79.2 cm³/mol. The average Bonchev–Trinajstić information content (AvgIpc) is 2.54. The highest BCUT2D eigenvalue weighted by atomic mass is 16.6. The van der Waals surface area contributed by atoms with Crippen LogP contribution in [0.4, 0.5) is 5.69 Å². The normalized spacial score (nSPS) is 9.82. The van der Waals surface area contributed by atoms with E-state index in [1.54, 1.807) is 31.2 Å². The zero-order chi connectivity index (χ0) is 16.1. The standard InChI is InChI=1S/C16H12N2O4/c1-2-22-16(19)15-9-13(18(20)21)7-8-14(15)12-5-3-11(10-17)4-6-12/h3-9H,2H2,1H3. The van der Waals surface area contributed by atoms with Gasteiger partial charge >= 0.3 is 5.97 Å². The van der Waals surface area contributed by atoms with Gasteiger partial charge in [0, 0.05) is 12.1 Å². The van der Waals surface area contributed by atoms with Crippen molar-refractivity contribution >= 4 is 11.7 Å². The van der Waals surface area contributed by atoms with Gasteiger partial charge in [-0.25, -0.2) is 4.79 Å². The van der Waals surface area contributed by atoms with Crippen molar-refractivity contribution in [2.24, 2.45) is 0 Å². The van der Waals surface area contributed by atoms with E-state index in [4.69, 9.17) is 10.00 Å². The monoisotopic (exact) mass is 296 g/mol. The number of nitrogens with zero attached hydrogens (tertiary/aromatic N) is 2. The van der Waals surface area contributed by atoms with Crippen LogP contribution >= 0.6 is 0 Å². The quantitative estimate of drug-likeness (QED) is 0.490. The van der Waals surface area contributed by atoms with Crippen LogP contribution in [0.15, 0.2) is 42.5 Å². The Hall–Kier alpha value is -3.20. The first kappa shape index (κ1) is 15.2. The van der Waals surface area contributed by atoms with Gasteiger partial charge in [-0.05, 0) is 36.2 Å². The van der Waals surface area contributed by atoms with Crippen LogP contribution in [0.3, 0.4) is 0 Å². The topological polar surface area (TPSA) is 93.2 Å². The Morgan fingerprint density at radius 2 is 1.95 bits per heavy atom. The molecule has 22 heavy (non-hydrogen) atoms. The van der Waals surface area contributed by atoms with Gasteiger partial charge in [0.25, 0.3) is 5.69 Å². The minimum atomic E-state index is -0.620. The minimum Gasteiger partial charge on any atom is -0.462 e. The first-order valence-electron chi connectivity index (χ1n) is 6.53. The fourth-order valence-electron chi connectivity index (χ4n) is 2.00. The maximum Gasteiger partial charge on any atom is 0.339 e. The molecule has 0 bridgehead atoms. The molecule has 2 rings (SSSR count). The lowest BCUT2D eigenvalue weighted by molar-refractivity contribution is -0.384. The molecule has 0 radical (unpaired) electrons. The summed E-state index contributed by atoms with van der Waals surface area (Å²) in [5, 5.41) is 19.7. The molecule has 6 nitrogen and oxygen atoms in total. The molecule has 2 aromatic carbocycles. The van der Waals surface area contributed by atoms with E-state index in [0.717, 1.165) is 0 Å². The summed E-state index contributed by atoms with van der Waals surface area (Å²) in [7, 11) is 0. The smallest absolute Gasteiger partial charge is 0.339 e. The summed E-state index contributed by atoms with van der Waals surface area (Å²) < 4.78 is 4.96. The number of carbonyl (C=O) groups excluding carboxylic acids is 1. The van der Waals surface area contributed by atoms with Gasteiger partial charge in [0.2, 0.25) is 0 Å². The summed E-state index contributed by atoms with van der Waals surface area (Å²) in [5.41, 5.74) is 1.63. The van der Waals surface area contributed by atoms with Crippen LogP contribution in [0.1, 0.15) is 22.8 Å². The van der Waals surface area contributed by atoms with E-state index in [0.29, 0.717) is 16.7 Å². The molecule has 110 valence electrons. The predicted octanol–water partition coefficient (Wildman–Crippen LogP) is 3.31. The fourth-order valence-corrected chi connectivity index (χ4v) is 2.00. The maximum atomic E-state index is 12.0. The van der Waals surface area contributed by atoms with Crippen molar-refractivity contribution in [2.75, 3.05) is 6.61 Å². The second-order valence-corrected chi connectivity index (χ2v) is 4.40. The Morgan fingerprint density at radius 1 is 1.27 bits per heavy atom. The third kappa shape index (κ3) is 3.10. The molecule has 0 fully saturated rings. The van der Waals surface area contributed by atoms with Crippen molar-refractivity contribution in [1.29, 1.82) is 5.26 Å². The van der Waals surface area contributed by atoms with Gasteiger partial charge < -0.3 is 4.74 Å². The van der Waals surface area contributed by atoms with Crippen molar-refractivity contribution in [1.82, 2.24) is 0 Å². The number of nitro benzene ring substituents is 1. The zero-order valence-electron chi connectivity index (χ0n) is 11.8. The van der Waals surface area contributed by atoms with Gasteiger partial charge in [-0.3, -0.25) is 10.1 Å². The van der Waals surface area contributed by atoms with E-state index in [2.05, 4.69) is 0 Å². The summed E-state index contributed by atoms with van der Waals surface area (Å²) in [4.78, 5) is 22.4. The Kier molecular flexibility index (Phi) is 4.49. The molecular weight excluding hydrogens is 284 g/mol. The molecule has 0 saturated carbocycles. The Morgan fingerprint density at radius 3 is 2.50 bits per heavy atom. The SMILES string of the molecule is CCOC(=O)c1cc([N+](=O)[O-])ccc1-c1ccc(C#N)cc1. The van der Waals surface area contributed by atoms with Crippen LogP contribution < -0.4 is 0 Å². The number of non-ortho nitro benzene ring substituents is 1. The molecule has 0 aliphatic carbocycles. The van der Waals surface area contributed by atoms with Crippen LogP contribution in [-0.2, 0) is 4.74 Å². The molecule has 6 heteroatoms. The summed E-state index contributed by atoms with van der Waals surface area (Å²) in [6.45, 7) is 1.84. The number of benzene rings is 2. The summed E-state index contributed by atoms with van der Waals surface area (Å²) in [5.74, 6) is -0.620. The third-order valence-electron chi connectivity index (χ3n) is 3.03. The van der Waals surface area contributed by atoms with Crippen LogP contribution in [0.2, 0.25) is 0 Å². The first-order chi connectivity index (χ1) is 10.6. The lowest BCUT2D eigenvalue weighted by atomic mass is 9.98. The van der Waals surface area contributed by atoms with Crippen LogP contribution in [-0.4, -0.2) is 17.5 Å². The number of hydrogen-bond acceptors (Lipinski definition) is 5. The molecule has 0 aliphatic rings.